The van der Waals surface area contributed by atoms with Crippen molar-refractivity contribution in [2.75, 3.05) is 11.9 Å². The van der Waals surface area contributed by atoms with Crippen molar-refractivity contribution in [3.8, 4) is 17.2 Å². The molecule has 2 aromatic carbocycles. The van der Waals surface area contributed by atoms with Crippen LogP contribution in [0.15, 0.2) is 47.4 Å². The molecular formula is C21H20N2O5S2. The highest BCUT2D eigenvalue weighted by Gasteiger charge is 2.38. The van der Waals surface area contributed by atoms with E-state index in [2.05, 4.69) is 5.32 Å². The van der Waals surface area contributed by atoms with Gasteiger partial charge in [-0.05, 0) is 56.3 Å². The molecule has 0 spiro atoms. The Morgan fingerprint density at radius 1 is 1.27 bits per heavy atom. The first-order chi connectivity index (χ1) is 14.3. The van der Waals surface area contributed by atoms with E-state index in [1.165, 1.54) is 29.2 Å². The largest absolute Gasteiger partial charge is 0.508 e. The number of phenols is 2. The summed E-state index contributed by atoms with van der Waals surface area (Å²) < 4.78 is 5.62. The molecule has 7 nitrogen and oxygen atoms in total. The molecule has 0 bridgehead atoms. The monoisotopic (exact) mass is 444 g/mol. The van der Waals surface area contributed by atoms with Crippen LogP contribution in [0.4, 0.5) is 5.69 Å². The van der Waals surface area contributed by atoms with Crippen molar-refractivity contribution in [3.05, 3.63) is 52.9 Å². The number of anilines is 1. The number of nitrogens with zero attached hydrogens (tertiary/aromatic N) is 1. The highest BCUT2D eigenvalue weighted by molar-refractivity contribution is 8.26. The summed E-state index contributed by atoms with van der Waals surface area (Å²) in [4.78, 5) is 27.0. The average Bonchev–Trinajstić information content (AvgIpc) is 2.98. The Labute approximate surface area is 183 Å². The topological polar surface area (TPSA) is 99.1 Å². The zero-order chi connectivity index (χ0) is 21.8. The van der Waals surface area contributed by atoms with Crippen LogP contribution in [-0.2, 0) is 9.59 Å². The van der Waals surface area contributed by atoms with Crippen molar-refractivity contribution in [1.82, 2.24) is 4.90 Å². The summed E-state index contributed by atoms with van der Waals surface area (Å²) in [5, 5.41) is 22.1. The number of rotatable bonds is 6. The molecule has 1 heterocycles. The predicted octanol–water partition coefficient (Wildman–Crippen LogP) is 3.72. The molecule has 1 unspecified atom stereocenters. The molecule has 1 saturated heterocycles. The fraction of sp³-hybridized carbons (Fsp3) is 0.190. The maximum atomic E-state index is 12.8. The Kier molecular flexibility index (Phi) is 6.63. The van der Waals surface area contributed by atoms with Gasteiger partial charge in [-0.3, -0.25) is 14.5 Å². The van der Waals surface area contributed by atoms with Gasteiger partial charge < -0.3 is 20.3 Å². The van der Waals surface area contributed by atoms with Crippen LogP contribution in [0.3, 0.4) is 0 Å². The number of hydrogen-bond acceptors (Lipinski definition) is 7. The van der Waals surface area contributed by atoms with Crippen LogP contribution in [0.1, 0.15) is 19.4 Å². The van der Waals surface area contributed by atoms with Crippen LogP contribution >= 0.6 is 24.0 Å². The quantitative estimate of drug-likeness (QED) is 0.461. The van der Waals surface area contributed by atoms with Crippen LogP contribution < -0.4 is 10.1 Å². The van der Waals surface area contributed by atoms with Gasteiger partial charge in [-0.15, -0.1) is 0 Å². The van der Waals surface area contributed by atoms with E-state index in [0.717, 1.165) is 11.8 Å². The number of hydrogen-bond donors (Lipinski definition) is 3. The maximum Gasteiger partial charge on any atom is 0.266 e. The lowest BCUT2D eigenvalue weighted by Gasteiger charge is -2.22. The van der Waals surface area contributed by atoms with Crippen molar-refractivity contribution in [2.45, 2.75) is 19.9 Å². The van der Waals surface area contributed by atoms with Crippen molar-refractivity contribution in [1.29, 1.82) is 0 Å². The third kappa shape index (κ3) is 4.74. The molecule has 1 fully saturated rings. The molecule has 30 heavy (non-hydrogen) atoms. The van der Waals surface area contributed by atoms with E-state index in [9.17, 15) is 19.8 Å². The van der Waals surface area contributed by atoms with Gasteiger partial charge in [0, 0.05) is 17.3 Å². The molecule has 9 heteroatoms. The first-order valence-corrected chi connectivity index (χ1v) is 10.4. The summed E-state index contributed by atoms with van der Waals surface area (Å²) in [5.41, 5.74) is 0.935. The molecule has 0 aromatic heterocycles. The highest BCUT2D eigenvalue weighted by atomic mass is 32.2. The van der Waals surface area contributed by atoms with E-state index < -0.39 is 11.9 Å². The highest BCUT2D eigenvalue weighted by Crippen LogP contribution is 2.36. The number of thioether (sulfide) groups is 1. The molecule has 1 atom stereocenters. The van der Waals surface area contributed by atoms with Crippen molar-refractivity contribution >= 4 is 51.9 Å². The summed E-state index contributed by atoms with van der Waals surface area (Å²) in [6.45, 7) is 4.03. The minimum atomic E-state index is -0.830. The van der Waals surface area contributed by atoms with Crippen LogP contribution in [0.5, 0.6) is 17.2 Å². The summed E-state index contributed by atoms with van der Waals surface area (Å²) >= 11 is 6.35. The first kappa shape index (κ1) is 21.7. The standard InChI is InChI=1S/C21H20N2O5S2/c1-3-28-16-8-5-14(6-9-16)22-19(26)12(2)23-20(27)18(30-21(23)29)10-13-4-7-15(24)11-17(13)25/h4-12,24-25H,3H2,1-2H3,(H,22,26)/b18-10-. The molecule has 0 aliphatic carbocycles. The minimum Gasteiger partial charge on any atom is -0.508 e. The molecule has 3 N–H and O–H groups in total. The molecule has 1 aliphatic heterocycles. The van der Waals surface area contributed by atoms with E-state index >= 15 is 0 Å². The van der Waals surface area contributed by atoms with Gasteiger partial charge in [0.05, 0.1) is 11.5 Å². The van der Waals surface area contributed by atoms with Crippen LogP contribution in [0.2, 0.25) is 0 Å². The molecule has 3 rings (SSSR count). The number of aromatic hydroxyl groups is 2. The molecule has 2 aromatic rings. The zero-order valence-corrected chi connectivity index (χ0v) is 17.9. The van der Waals surface area contributed by atoms with Gasteiger partial charge in [-0.1, -0.05) is 24.0 Å². The van der Waals surface area contributed by atoms with Crippen molar-refractivity contribution in [3.63, 3.8) is 0 Å². The van der Waals surface area contributed by atoms with Gasteiger partial charge >= 0.3 is 0 Å². The van der Waals surface area contributed by atoms with Gasteiger partial charge in [0.1, 0.15) is 27.6 Å². The minimum absolute atomic E-state index is 0.0863. The number of carbonyl (C=O) groups excluding carboxylic acids is 2. The summed E-state index contributed by atoms with van der Waals surface area (Å²) in [6, 6.07) is 10.2. The zero-order valence-electron chi connectivity index (χ0n) is 16.3. The van der Waals surface area contributed by atoms with E-state index in [1.54, 1.807) is 31.2 Å². The van der Waals surface area contributed by atoms with E-state index in [-0.39, 0.29) is 26.6 Å². The Bertz CT molecular complexity index is 1020. The number of phenolic OH excluding ortho intramolecular Hbond substituents is 2. The van der Waals surface area contributed by atoms with E-state index in [0.29, 0.717) is 23.6 Å². The first-order valence-electron chi connectivity index (χ1n) is 9.13. The Morgan fingerprint density at radius 3 is 2.60 bits per heavy atom. The Hall–Kier alpha value is -3.04. The Balaban J connectivity index is 1.73. The molecule has 2 amide bonds. The lowest BCUT2D eigenvalue weighted by atomic mass is 10.1. The number of thiocarbonyl (C=S) groups is 1. The third-order valence-corrected chi connectivity index (χ3v) is 5.65. The molecule has 0 saturated carbocycles. The Morgan fingerprint density at radius 2 is 1.97 bits per heavy atom. The second kappa shape index (κ2) is 9.19. The molecule has 1 aliphatic rings. The summed E-state index contributed by atoms with van der Waals surface area (Å²) in [5.74, 6) is -0.363. The summed E-state index contributed by atoms with van der Waals surface area (Å²) in [6.07, 6.45) is 1.48. The molecule has 0 radical (unpaired) electrons. The fourth-order valence-electron chi connectivity index (χ4n) is 2.77. The number of ether oxygens (including phenoxy) is 1. The average molecular weight is 445 g/mol. The van der Waals surface area contributed by atoms with Gasteiger partial charge in [-0.2, -0.15) is 0 Å². The van der Waals surface area contributed by atoms with Crippen molar-refractivity contribution in [2.24, 2.45) is 0 Å². The van der Waals surface area contributed by atoms with Gasteiger partial charge in [0.2, 0.25) is 5.91 Å². The number of carbonyl (C=O) groups is 2. The van der Waals surface area contributed by atoms with Gasteiger partial charge in [0.25, 0.3) is 5.91 Å². The third-order valence-electron chi connectivity index (χ3n) is 4.32. The molecular weight excluding hydrogens is 424 g/mol. The van der Waals surface area contributed by atoms with E-state index in [1.807, 2.05) is 6.92 Å². The normalized spacial score (nSPS) is 16.1. The van der Waals surface area contributed by atoms with Crippen LogP contribution in [0.25, 0.3) is 6.08 Å². The van der Waals surface area contributed by atoms with Crippen LogP contribution in [0, 0.1) is 0 Å². The van der Waals surface area contributed by atoms with E-state index in [4.69, 9.17) is 17.0 Å². The maximum absolute atomic E-state index is 12.8. The molecule has 156 valence electrons. The second-order valence-corrected chi connectivity index (χ2v) is 8.09. The lowest BCUT2D eigenvalue weighted by molar-refractivity contribution is -0.129. The van der Waals surface area contributed by atoms with Gasteiger partial charge in [-0.25, -0.2) is 0 Å². The number of amides is 2. The summed E-state index contributed by atoms with van der Waals surface area (Å²) in [7, 11) is 0. The SMILES string of the molecule is CCOc1ccc(NC(=O)C(C)N2C(=O)/C(=C/c3ccc(O)cc3O)SC2=S)cc1. The number of nitrogens with one attached hydrogen (secondary N) is 1. The van der Waals surface area contributed by atoms with Gasteiger partial charge in [0.15, 0.2) is 0 Å². The lowest BCUT2D eigenvalue weighted by Crippen LogP contribution is -2.44. The van der Waals surface area contributed by atoms with Crippen molar-refractivity contribution < 1.29 is 24.5 Å². The predicted molar refractivity (Wildman–Crippen MR) is 120 cm³/mol. The second-order valence-electron chi connectivity index (χ2n) is 6.42. The fourth-order valence-corrected chi connectivity index (χ4v) is 4.18. The smallest absolute Gasteiger partial charge is 0.266 e. The number of benzene rings is 2. The van der Waals surface area contributed by atoms with Crippen LogP contribution in [-0.4, -0.2) is 43.9 Å².